The minimum Gasteiger partial charge on any atom is -0.295 e. The summed E-state index contributed by atoms with van der Waals surface area (Å²) in [5, 5.41) is 0. The standard InChI is InChI=1S/C21H26O/c1-4-14-6-8-18-17-7-5-15-13-16(22)9-11-21(15,3)19(17)10-12-20(14,18)2/h1,5,7,13-14,17-19H,6,8-12H2,2-3H3/t14-,17-,18-,19-,20+,21-/m0/s1. The molecule has 4 rings (SSSR count). The molecule has 2 fully saturated rings. The molecule has 4 aliphatic carbocycles. The largest absolute Gasteiger partial charge is 0.295 e. The number of terminal acetylenes is 1. The van der Waals surface area contributed by atoms with Crippen LogP contribution in [-0.4, -0.2) is 5.78 Å². The fraction of sp³-hybridized carbons (Fsp3) is 0.667. The van der Waals surface area contributed by atoms with E-state index < -0.39 is 0 Å². The highest BCUT2D eigenvalue weighted by atomic mass is 16.1. The maximum absolute atomic E-state index is 11.8. The first-order chi connectivity index (χ1) is 10.5. The van der Waals surface area contributed by atoms with Gasteiger partial charge in [-0.05, 0) is 72.3 Å². The number of carbonyl (C=O) groups is 1. The topological polar surface area (TPSA) is 17.1 Å². The van der Waals surface area contributed by atoms with Crippen molar-refractivity contribution >= 4 is 5.78 Å². The second-order valence-electron chi connectivity index (χ2n) is 8.47. The number of allylic oxidation sites excluding steroid dienone is 4. The number of hydrogen-bond acceptors (Lipinski definition) is 1. The van der Waals surface area contributed by atoms with E-state index in [1.165, 1.54) is 31.3 Å². The molecule has 0 aromatic carbocycles. The fourth-order valence-corrected chi connectivity index (χ4v) is 6.27. The number of hydrogen-bond donors (Lipinski definition) is 0. The molecule has 0 bridgehead atoms. The smallest absolute Gasteiger partial charge is 0.156 e. The average molecular weight is 294 g/mol. The van der Waals surface area contributed by atoms with Crippen LogP contribution in [0, 0.1) is 46.8 Å². The van der Waals surface area contributed by atoms with Gasteiger partial charge >= 0.3 is 0 Å². The van der Waals surface area contributed by atoms with Crippen LogP contribution in [0.15, 0.2) is 23.8 Å². The molecule has 0 heterocycles. The molecule has 0 unspecified atom stereocenters. The van der Waals surface area contributed by atoms with Gasteiger partial charge in [-0.2, -0.15) is 0 Å². The Kier molecular flexibility index (Phi) is 3.00. The zero-order valence-electron chi connectivity index (χ0n) is 13.8. The van der Waals surface area contributed by atoms with Crippen LogP contribution in [0.2, 0.25) is 0 Å². The third-order valence-corrected chi connectivity index (χ3v) is 7.72. The summed E-state index contributed by atoms with van der Waals surface area (Å²) in [5.74, 6) is 5.96. The van der Waals surface area contributed by atoms with Crippen molar-refractivity contribution in [1.29, 1.82) is 0 Å². The Hall–Kier alpha value is -1.29. The molecule has 116 valence electrons. The SMILES string of the molecule is C#C[C@H]1CC[C@H]2[C@@H]3C=CC4=CC(=O)CC[C@]4(C)[C@H]3CC[C@]12C. The highest BCUT2D eigenvalue weighted by Crippen LogP contribution is 2.64. The molecule has 0 N–H and O–H groups in total. The molecule has 1 heteroatoms. The van der Waals surface area contributed by atoms with Crippen LogP contribution >= 0.6 is 0 Å². The quantitative estimate of drug-likeness (QED) is 0.599. The van der Waals surface area contributed by atoms with Crippen molar-refractivity contribution in [2.24, 2.45) is 34.5 Å². The zero-order chi connectivity index (χ0) is 15.5. The van der Waals surface area contributed by atoms with Crippen LogP contribution in [0.5, 0.6) is 0 Å². The van der Waals surface area contributed by atoms with Crippen molar-refractivity contribution in [3.8, 4) is 12.3 Å². The van der Waals surface area contributed by atoms with Gasteiger partial charge in [-0.3, -0.25) is 4.79 Å². The number of carbonyl (C=O) groups excluding carboxylic acids is 1. The molecule has 0 aromatic rings. The van der Waals surface area contributed by atoms with E-state index in [1.54, 1.807) is 0 Å². The molecule has 4 aliphatic rings. The van der Waals surface area contributed by atoms with Gasteiger partial charge in [-0.25, -0.2) is 0 Å². The Morgan fingerprint density at radius 3 is 2.77 bits per heavy atom. The van der Waals surface area contributed by atoms with Gasteiger partial charge in [-0.1, -0.05) is 26.0 Å². The summed E-state index contributed by atoms with van der Waals surface area (Å²) in [6.45, 7) is 4.85. The summed E-state index contributed by atoms with van der Waals surface area (Å²) in [5.41, 5.74) is 1.84. The van der Waals surface area contributed by atoms with Gasteiger partial charge in [0.1, 0.15) is 0 Å². The Morgan fingerprint density at radius 2 is 2.00 bits per heavy atom. The predicted octanol–water partition coefficient (Wildman–Crippen LogP) is 4.54. The lowest BCUT2D eigenvalue weighted by molar-refractivity contribution is -0.116. The molecule has 0 spiro atoms. The van der Waals surface area contributed by atoms with Crippen molar-refractivity contribution in [2.45, 2.75) is 52.4 Å². The van der Waals surface area contributed by atoms with Crippen molar-refractivity contribution in [2.75, 3.05) is 0 Å². The Morgan fingerprint density at radius 1 is 1.18 bits per heavy atom. The summed E-state index contributed by atoms with van der Waals surface area (Å²) >= 11 is 0. The van der Waals surface area contributed by atoms with Crippen LogP contribution < -0.4 is 0 Å². The molecule has 1 nitrogen and oxygen atoms in total. The van der Waals surface area contributed by atoms with E-state index in [2.05, 4.69) is 31.9 Å². The molecule has 0 saturated heterocycles. The van der Waals surface area contributed by atoms with Crippen LogP contribution in [0.1, 0.15) is 52.4 Å². The fourth-order valence-electron chi connectivity index (χ4n) is 6.27. The maximum atomic E-state index is 11.8. The lowest BCUT2D eigenvalue weighted by Gasteiger charge is -2.55. The van der Waals surface area contributed by atoms with E-state index in [9.17, 15) is 4.79 Å². The van der Waals surface area contributed by atoms with Crippen LogP contribution in [0.4, 0.5) is 0 Å². The van der Waals surface area contributed by atoms with E-state index in [0.29, 0.717) is 29.0 Å². The first-order valence-corrected chi connectivity index (χ1v) is 8.88. The molecule has 22 heavy (non-hydrogen) atoms. The van der Waals surface area contributed by atoms with Gasteiger partial charge in [0.2, 0.25) is 0 Å². The zero-order valence-corrected chi connectivity index (χ0v) is 13.8. The Balaban J connectivity index is 1.74. The van der Waals surface area contributed by atoms with Gasteiger partial charge in [0.15, 0.2) is 5.78 Å². The molecular formula is C21H26O. The van der Waals surface area contributed by atoms with Crippen molar-refractivity contribution < 1.29 is 4.79 Å². The summed E-state index contributed by atoms with van der Waals surface area (Å²) in [4.78, 5) is 11.8. The molecule has 2 saturated carbocycles. The average Bonchev–Trinajstić information content (AvgIpc) is 2.84. The van der Waals surface area contributed by atoms with Crippen LogP contribution in [0.25, 0.3) is 0 Å². The number of fused-ring (bicyclic) bond motifs is 5. The first-order valence-electron chi connectivity index (χ1n) is 8.88. The van der Waals surface area contributed by atoms with Crippen molar-refractivity contribution in [1.82, 2.24) is 0 Å². The van der Waals surface area contributed by atoms with E-state index in [-0.39, 0.29) is 5.41 Å². The third-order valence-electron chi connectivity index (χ3n) is 7.72. The Labute approximate surface area is 134 Å². The number of rotatable bonds is 0. The van der Waals surface area contributed by atoms with E-state index >= 15 is 0 Å². The second kappa shape index (κ2) is 4.60. The molecule has 0 aliphatic heterocycles. The van der Waals surface area contributed by atoms with Crippen molar-refractivity contribution in [3.05, 3.63) is 23.8 Å². The summed E-state index contributed by atoms with van der Waals surface area (Å²) < 4.78 is 0. The van der Waals surface area contributed by atoms with Crippen molar-refractivity contribution in [3.63, 3.8) is 0 Å². The molecule has 0 radical (unpaired) electrons. The van der Waals surface area contributed by atoms with Gasteiger partial charge in [0.25, 0.3) is 0 Å². The second-order valence-corrected chi connectivity index (χ2v) is 8.47. The van der Waals surface area contributed by atoms with Gasteiger partial charge in [-0.15, -0.1) is 12.3 Å². The Bertz CT molecular complexity index is 618. The lowest BCUT2D eigenvalue weighted by Crippen LogP contribution is -2.48. The van der Waals surface area contributed by atoms with E-state index in [1.807, 2.05) is 6.08 Å². The summed E-state index contributed by atoms with van der Waals surface area (Å²) in [6, 6.07) is 0. The van der Waals surface area contributed by atoms with Crippen LogP contribution in [-0.2, 0) is 4.79 Å². The third kappa shape index (κ3) is 1.70. The molecule has 0 aromatic heterocycles. The normalized spacial score (nSPS) is 49.7. The molecule has 6 atom stereocenters. The van der Waals surface area contributed by atoms with Gasteiger partial charge in [0, 0.05) is 12.3 Å². The molecule has 0 amide bonds. The van der Waals surface area contributed by atoms with E-state index in [0.717, 1.165) is 18.8 Å². The first kappa shape index (κ1) is 14.3. The predicted molar refractivity (Wildman–Crippen MR) is 88.9 cm³/mol. The lowest BCUT2D eigenvalue weighted by atomic mass is 9.48. The van der Waals surface area contributed by atoms with Gasteiger partial charge < -0.3 is 0 Å². The number of ketones is 1. The monoisotopic (exact) mass is 294 g/mol. The van der Waals surface area contributed by atoms with Gasteiger partial charge in [0.05, 0.1) is 0 Å². The van der Waals surface area contributed by atoms with Crippen LogP contribution in [0.3, 0.4) is 0 Å². The van der Waals surface area contributed by atoms with E-state index in [4.69, 9.17) is 6.42 Å². The molecular weight excluding hydrogens is 268 g/mol. The highest BCUT2D eigenvalue weighted by molar-refractivity contribution is 5.92. The minimum atomic E-state index is 0.211. The minimum absolute atomic E-state index is 0.211. The summed E-state index contributed by atoms with van der Waals surface area (Å²) in [7, 11) is 0. The maximum Gasteiger partial charge on any atom is 0.156 e. The highest BCUT2D eigenvalue weighted by Gasteiger charge is 2.57. The summed E-state index contributed by atoms with van der Waals surface area (Å²) in [6.07, 6.45) is 19.2.